The van der Waals surface area contributed by atoms with E-state index in [4.69, 9.17) is 18.5 Å². The van der Waals surface area contributed by atoms with Crippen LogP contribution in [0.3, 0.4) is 0 Å². The summed E-state index contributed by atoms with van der Waals surface area (Å²) in [4.78, 5) is 43.8. The average Bonchev–Trinajstić information content (AvgIpc) is 3.29. The van der Waals surface area contributed by atoms with Crippen LogP contribution < -0.4 is 0 Å². The lowest BCUT2D eigenvalue weighted by Crippen LogP contribution is -2.25. The van der Waals surface area contributed by atoms with Crippen LogP contribution in [0.15, 0.2) is 0 Å². The number of hydrogen-bond acceptors (Lipinski definition) is 13. The lowest BCUT2D eigenvalue weighted by atomic mass is 10.0. The van der Waals surface area contributed by atoms with Crippen molar-refractivity contribution in [3.63, 3.8) is 0 Å². The predicted octanol–water partition coefficient (Wildman–Crippen LogP) is 12.5. The third kappa shape index (κ3) is 48.1. The minimum atomic E-state index is -4.78. The molecule has 5 unspecified atom stereocenters. The lowest BCUT2D eigenvalue weighted by molar-refractivity contribution is -0.148. The standard InChI is InChI=1S/C49H98O15P2/c1-3-5-7-9-11-13-15-17-19-20-21-22-24-26-28-30-32-34-36-38-49(54)60-40-46(51)42-62-66(57,58)64-44-47(52)43-63-65(55,56)61-41-45(50)39-59-48(53)37-35-33-31-29-27-25-23-18-16-14-12-10-8-6-4-2/h45-47,50-52H,3-44H2,1-2H3,(H,55,56)(H,57,58). The van der Waals surface area contributed by atoms with E-state index in [0.29, 0.717) is 12.8 Å². The van der Waals surface area contributed by atoms with Crippen LogP contribution in [-0.4, -0.2) is 95.0 Å². The Morgan fingerprint density at radius 1 is 0.333 bits per heavy atom. The summed E-state index contributed by atoms with van der Waals surface area (Å²) >= 11 is 0. The van der Waals surface area contributed by atoms with E-state index in [1.807, 2.05) is 0 Å². The van der Waals surface area contributed by atoms with Crippen LogP contribution in [0.25, 0.3) is 0 Å². The summed E-state index contributed by atoms with van der Waals surface area (Å²) in [6, 6.07) is 0. The molecule has 0 rings (SSSR count). The first-order valence-corrected chi connectivity index (χ1v) is 29.4. The predicted molar refractivity (Wildman–Crippen MR) is 261 cm³/mol. The van der Waals surface area contributed by atoms with Crippen LogP contribution in [0.5, 0.6) is 0 Å². The van der Waals surface area contributed by atoms with Crippen molar-refractivity contribution in [2.24, 2.45) is 0 Å². The van der Waals surface area contributed by atoms with Crippen LogP contribution in [0.4, 0.5) is 0 Å². The third-order valence-corrected chi connectivity index (χ3v) is 13.5. The molecule has 0 aromatic rings. The molecule has 394 valence electrons. The molecule has 0 aliphatic heterocycles. The summed E-state index contributed by atoms with van der Waals surface area (Å²) in [5, 5.41) is 30.1. The molecule has 0 saturated carbocycles. The van der Waals surface area contributed by atoms with Gasteiger partial charge in [-0.05, 0) is 12.8 Å². The summed E-state index contributed by atoms with van der Waals surface area (Å²) in [6.07, 6.45) is 38.0. The molecule has 5 atom stereocenters. The van der Waals surface area contributed by atoms with Crippen molar-refractivity contribution in [3.8, 4) is 0 Å². The molecule has 0 aromatic heterocycles. The van der Waals surface area contributed by atoms with Crippen molar-refractivity contribution in [1.82, 2.24) is 0 Å². The number of aliphatic hydroxyl groups excluding tert-OH is 3. The van der Waals surface area contributed by atoms with Gasteiger partial charge in [0, 0.05) is 12.8 Å². The molecule has 5 N–H and O–H groups in total. The highest BCUT2D eigenvalue weighted by atomic mass is 31.2. The second kappa shape index (κ2) is 46.4. The first kappa shape index (κ1) is 65.0. The number of esters is 2. The average molecular weight is 989 g/mol. The van der Waals surface area contributed by atoms with E-state index < -0.39 is 85.5 Å². The maximum absolute atomic E-state index is 12.2. The number of phosphoric ester groups is 2. The maximum Gasteiger partial charge on any atom is 0.472 e. The minimum absolute atomic E-state index is 0.203. The smallest absolute Gasteiger partial charge is 0.463 e. The molecule has 0 spiro atoms. The van der Waals surface area contributed by atoms with Gasteiger partial charge in [0.2, 0.25) is 0 Å². The van der Waals surface area contributed by atoms with E-state index in [0.717, 1.165) is 38.5 Å². The number of carbonyl (C=O) groups is 2. The molecule has 0 saturated heterocycles. The Morgan fingerprint density at radius 2 is 0.515 bits per heavy atom. The molecule has 66 heavy (non-hydrogen) atoms. The third-order valence-electron chi connectivity index (χ3n) is 11.6. The molecule has 0 radical (unpaired) electrons. The highest BCUT2D eigenvalue weighted by Gasteiger charge is 2.28. The van der Waals surface area contributed by atoms with Crippen LogP contribution >= 0.6 is 15.6 Å². The van der Waals surface area contributed by atoms with E-state index in [9.17, 15) is 43.8 Å². The summed E-state index contributed by atoms with van der Waals surface area (Å²) < 4.78 is 53.1. The molecule has 0 fully saturated rings. The van der Waals surface area contributed by atoms with Gasteiger partial charge in [-0.3, -0.25) is 27.7 Å². The number of phosphoric acid groups is 2. The van der Waals surface area contributed by atoms with E-state index >= 15 is 0 Å². The van der Waals surface area contributed by atoms with Gasteiger partial charge in [-0.2, -0.15) is 0 Å². The van der Waals surface area contributed by atoms with Gasteiger partial charge < -0.3 is 34.6 Å². The van der Waals surface area contributed by atoms with E-state index in [2.05, 4.69) is 22.9 Å². The highest BCUT2D eigenvalue weighted by molar-refractivity contribution is 7.47. The number of rotatable bonds is 52. The molecular formula is C49H98O15P2. The Balaban J connectivity index is 3.81. The van der Waals surface area contributed by atoms with Gasteiger partial charge in [0.15, 0.2) is 0 Å². The quantitative estimate of drug-likeness (QED) is 0.0217. The van der Waals surface area contributed by atoms with E-state index in [-0.39, 0.29) is 12.8 Å². The normalized spacial score (nSPS) is 15.0. The molecule has 0 aliphatic carbocycles. The van der Waals surface area contributed by atoms with Crippen LogP contribution in [0.2, 0.25) is 0 Å². The van der Waals surface area contributed by atoms with Crippen LogP contribution in [-0.2, 0) is 46.3 Å². The molecular weight excluding hydrogens is 890 g/mol. The minimum Gasteiger partial charge on any atom is -0.463 e. The number of unbranched alkanes of at least 4 members (excludes halogenated alkanes) is 32. The number of hydrogen-bond donors (Lipinski definition) is 5. The summed E-state index contributed by atoms with van der Waals surface area (Å²) in [7, 11) is -9.56. The van der Waals surface area contributed by atoms with Gasteiger partial charge in [-0.1, -0.05) is 219 Å². The Labute approximate surface area is 400 Å². The number of ether oxygens (including phenoxy) is 2. The maximum atomic E-state index is 12.2. The summed E-state index contributed by atoms with van der Waals surface area (Å²) in [5.74, 6) is -0.980. The zero-order chi connectivity index (χ0) is 48.8. The monoisotopic (exact) mass is 989 g/mol. The van der Waals surface area contributed by atoms with Crippen molar-refractivity contribution >= 4 is 27.6 Å². The Bertz CT molecular complexity index is 1200. The van der Waals surface area contributed by atoms with Crippen molar-refractivity contribution in [2.75, 3.05) is 39.6 Å². The fourth-order valence-corrected chi connectivity index (χ4v) is 9.04. The zero-order valence-corrected chi connectivity index (χ0v) is 43.4. The van der Waals surface area contributed by atoms with Crippen LogP contribution in [0, 0.1) is 0 Å². The SMILES string of the molecule is CCCCCCCCCCCCCCCCCCCCCC(=O)OCC(O)COP(=O)(O)OCC(O)COP(=O)(O)OCC(O)COC(=O)CCCCCCCCCCCCCCCCC. The Morgan fingerprint density at radius 3 is 0.727 bits per heavy atom. The van der Waals surface area contributed by atoms with Crippen molar-refractivity contribution in [3.05, 3.63) is 0 Å². The Hall–Kier alpha value is -0.960. The van der Waals surface area contributed by atoms with Crippen molar-refractivity contribution in [1.29, 1.82) is 0 Å². The first-order valence-electron chi connectivity index (χ1n) is 26.4. The first-order chi connectivity index (χ1) is 31.8. The molecule has 0 aromatic carbocycles. The van der Waals surface area contributed by atoms with Gasteiger partial charge >= 0.3 is 27.6 Å². The molecule has 0 bridgehead atoms. The largest absolute Gasteiger partial charge is 0.472 e. The Kier molecular flexibility index (Phi) is 45.7. The molecule has 15 nitrogen and oxygen atoms in total. The fourth-order valence-electron chi connectivity index (χ4n) is 7.45. The fraction of sp³-hybridized carbons (Fsp3) is 0.959. The summed E-state index contributed by atoms with van der Waals surface area (Å²) in [6.45, 7) is 0.491. The molecule has 0 heterocycles. The van der Waals surface area contributed by atoms with E-state index in [1.165, 1.54) is 167 Å². The number of aliphatic hydroxyl groups is 3. The van der Waals surface area contributed by atoms with Crippen molar-refractivity contribution in [2.45, 2.75) is 263 Å². The van der Waals surface area contributed by atoms with Gasteiger partial charge in [0.1, 0.15) is 31.5 Å². The van der Waals surface area contributed by atoms with Crippen LogP contribution in [0.1, 0.15) is 245 Å². The zero-order valence-electron chi connectivity index (χ0n) is 41.6. The van der Waals surface area contributed by atoms with E-state index in [1.54, 1.807) is 0 Å². The number of carbonyl (C=O) groups excluding carboxylic acids is 2. The van der Waals surface area contributed by atoms with Crippen molar-refractivity contribution < 1.29 is 71.4 Å². The second-order valence-corrected chi connectivity index (χ2v) is 21.2. The van der Waals surface area contributed by atoms with Gasteiger partial charge in [-0.15, -0.1) is 0 Å². The topological polar surface area (TPSA) is 225 Å². The molecule has 0 aliphatic rings. The lowest BCUT2D eigenvalue weighted by Gasteiger charge is -2.19. The van der Waals surface area contributed by atoms with Gasteiger partial charge in [-0.25, -0.2) is 9.13 Å². The highest BCUT2D eigenvalue weighted by Crippen LogP contribution is 2.45. The molecule has 0 amide bonds. The second-order valence-electron chi connectivity index (χ2n) is 18.3. The molecule has 17 heteroatoms. The summed E-state index contributed by atoms with van der Waals surface area (Å²) in [5.41, 5.74) is 0. The van der Waals surface area contributed by atoms with Gasteiger partial charge in [0.25, 0.3) is 0 Å². The van der Waals surface area contributed by atoms with Gasteiger partial charge in [0.05, 0.1) is 26.4 Å².